The summed E-state index contributed by atoms with van der Waals surface area (Å²) in [5.74, 6) is 0.984. The Labute approximate surface area is 209 Å². The van der Waals surface area contributed by atoms with Crippen LogP contribution in [0.4, 0.5) is 0 Å². The Hall–Kier alpha value is -4.65. The number of hydrogen-bond donors (Lipinski definition) is 0. The van der Waals surface area contributed by atoms with Crippen molar-refractivity contribution in [3.05, 3.63) is 108 Å². The second kappa shape index (κ2) is 11.7. The van der Waals surface area contributed by atoms with Crippen molar-refractivity contribution in [2.24, 2.45) is 0 Å². The molecule has 0 radical (unpaired) electrons. The standard InChI is InChI=1S/C29H26N2O5/c1-21(32)36-29-17-22(8-14-28(29)34-2)7-11-26(33)18-23-5-3-4-6-24(23)19-35-27-12-9-25(10-13-27)31-16-15-30-20-31/h3-17,20H,18-19H2,1-2H3/b11-7+. The summed E-state index contributed by atoms with van der Waals surface area (Å²) < 4.78 is 18.3. The van der Waals surface area contributed by atoms with Gasteiger partial charge in [-0.25, -0.2) is 4.98 Å². The molecular weight excluding hydrogens is 456 g/mol. The van der Waals surface area contributed by atoms with Crippen LogP contribution >= 0.6 is 0 Å². The van der Waals surface area contributed by atoms with Gasteiger partial charge in [0.05, 0.1) is 13.4 Å². The Balaban J connectivity index is 1.39. The van der Waals surface area contributed by atoms with E-state index in [0.29, 0.717) is 18.1 Å². The predicted molar refractivity (Wildman–Crippen MR) is 136 cm³/mol. The van der Waals surface area contributed by atoms with E-state index in [4.69, 9.17) is 14.2 Å². The zero-order chi connectivity index (χ0) is 25.3. The van der Waals surface area contributed by atoms with E-state index in [9.17, 15) is 9.59 Å². The van der Waals surface area contributed by atoms with E-state index in [0.717, 1.165) is 28.1 Å². The number of esters is 1. The van der Waals surface area contributed by atoms with Crippen LogP contribution in [0.1, 0.15) is 23.6 Å². The molecular formula is C29H26N2O5. The number of imidazole rings is 1. The largest absolute Gasteiger partial charge is 0.493 e. The smallest absolute Gasteiger partial charge is 0.308 e. The molecule has 0 spiro atoms. The van der Waals surface area contributed by atoms with Crippen LogP contribution in [0.15, 0.2) is 91.5 Å². The fourth-order valence-electron chi connectivity index (χ4n) is 3.63. The van der Waals surface area contributed by atoms with Gasteiger partial charge in [-0.15, -0.1) is 0 Å². The second-order valence-electron chi connectivity index (χ2n) is 8.00. The van der Waals surface area contributed by atoms with Crippen LogP contribution in [-0.2, 0) is 22.6 Å². The van der Waals surface area contributed by atoms with E-state index < -0.39 is 5.97 Å². The fraction of sp³-hybridized carbons (Fsp3) is 0.138. The number of aromatic nitrogens is 2. The third-order valence-corrected chi connectivity index (χ3v) is 5.42. The lowest BCUT2D eigenvalue weighted by Crippen LogP contribution is -2.05. The maximum absolute atomic E-state index is 12.7. The molecule has 1 aromatic heterocycles. The number of ketones is 1. The Morgan fingerprint density at radius 2 is 1.75 bits per heavy atom. The number of nitrogens with zero attached hydrogens (tertiary/aromatic N) is 2. The van der Waals surface area contributed by atoms with Gasteiger partial charge in [-0.2, -0.15) is 0 Å². The van der Waals surface area contributed by atoms with Crippen molar-refractivity contribution in [3.63, 3.8) is 0 Å². The van der Waals surface area contributed by atoms with Crippen molar-refractivity contribution in [1.29, 1.82) is 0 Å². The number of allylic oxidation sites excluding steroid dienone is 1. The first kappa shape index (κ1) is 24.5. The molecule has 0 bridgehead atoms. The summed E-state index contributed by atoms with van der Waals surface area (Å²) in [6.07, 6.45) is 8.80. The molecule has 0 atom stereocenters. The highest BCUT2D eigenvalue weighted by Crippen LogP contribution is 2.28. The molecule has 0 fully saturated rings. The minimum atomic E-state index is -0.446. The average molecular weight is 483 g/mol. The molecule has 182 valence electrons. The van der Waals surface area contributed by atoms with Crippen molar-refractivity contribution in [2.45, 2.75) is 20.0 Å². The predicted octanol–water partition coefficient (Wildman–Crippen LogP) is 5.21. The molecule has 0 saturated heterocycles. The molecule has 7 heteroatoms. The fourth-order valence-corrected chi connectivity index (χ4v) is 3.63. The summed E-state index contributed by atoms with van der Waals surface area (Å²) in [6, 6.07) is 20.6. The lowest BCUT2D eigenvalue weighted by Gasteiger charge is -2.11. The molecule has 3 aromatic carbocycles. The summed E-state index contributed by atoms with van der Waals surface area (Å²) in [5, 5.41) is 0. The summed E-state index contributed by atoms with van der Waals surface area (Å²) in [7, 11) is 1.50. The van der Waals surface area contributed by atoms with Crippen molar-refractivity contribution in [1.82, 2.24) is 9.55 Å². The van der Waals surface area contributed by atoms with Gasteiger partial charge in [0.15, 0.2) is 17.3 Å². The number of ether oxygens (including phenoxy) is 3. The van der Waals surface area contributed by atoms with Crippen LogP contribution in [-0.4, -0.2) is 28.4 Å². The van der Waals surface area contributed by atoms with Crippen LogP contribution < -0.4 is 14.2 Å². The summed E-state index contributed by atoms with van der Waals surface area (Å²) >= 11 is 0. The van der Waals surface area contributed by atoms with Gasteiger partial charge in [0, 0.05) is 31.4 Å². The van der Waals surface area contributed by atoms with Crippen LogP contribution in [0, 0.1) is 0 Å². The third kappa shape index (κ3) is 6.48. The molecule has 0 aliphatic carbocycles. The lowest BCUT2D eigenvalue weighted by molar-refractivity contribution is -0.132. The van der Waals surface area contributed by atoms with Crippen LogP contribution in [0.5, 0.6) is 17.2 Å². The highest BCUT2D eigenvalue weighted by molar-refractivity contribution is 5.95. The van der Waals surface area contributed by atoms with E-state index in [-0.39, 0.29) is 12.2 Å². The monoisotopic (exact) mass is 482 g/mol. The highest BCUT2D eigenvalue weighted by atomic mass is 16.6. The molecule has 0 aliphatic heterocycles. The minimum Gasteiger partial charge on any atom is -0.493 e. The van der Waals surface area contributed by atoms with Crippen molar-refractivity contribution in [3.8, 4) is 22.9 Å². The number of carbonyl (C=O) groups excluding carboxylic acids is 2. The first-order chi connectivity index (χ1) is 17.5. The van der Waals surface area contributed by atoms with E-state index >= 15 is 0 Å². The zero-order valence-electron chi connectivity index (χ0n) is 20.1. The SMILES string of the molecule is COc1ccc(/C=C/C(=O)Cc2ccccc2COc2ccc(-n3ccnc3)cc2)cc1OC(C)=O. The maximum atomic E-state index is 12.7. The Morgan fingerprint density at radius 1 is 0.972 bits per heavy atom. The van der Waals surface area contributed by atoms with Crippen molar-refractivity contribution < 1.29 is 23.8 Å². The van der Waals surface area contributed by atoms with Gasteiger partial charge in [-0.3, -0.25) is 9.59 Å². The summed E-state index contributed by atoms with van der Waals surface area (Å²) in [4.78, 5) is 28.1. The Kier molecular flexibility index (Phi) is 7.93. The molecule has 0 saturated carbocycles. The number of hydrogen-bond acceptors (Lipinski definition) is 6. The number of methoxy groups -OCH3 is 1. The van der Waals surface area contributed by atoms with E-state index in [2.05, 4.69) is 4.98 Å². The molecule has 0 unspecified atom stereocenters. The van der Waals surface area contributed by atoms with Gasteiger partial charge >= 0.3 is 5.97 Å². The van der Waals surface area contributed by atoms with E-state index in [1.807, 2.05) is 59.3 Å². The maximum Gasteiger partial charge on any atom is 0.308 e. The van der Waals surface area contributed by atoms with Gasteiger partial charge in [0.2, 0.25) is 0 Å². The number of carbonyl (C=O) groups is 2. The summed E-state index contributed by atoms with van der Waals surface area (Å²) in [5.41, 5.74) is 3.56. The number of benzene rings is 3. The normalized spacial score (nSPS) is 10.8. The molecule has 7 nitrogen and oxygen atoms in total. The van der Waals surface area contributed by atoms with E-state index in [1.165, 1.54) is 20.1 Å². The zero-order valence-corrected chi connectivity index (χ0v) is 20.1. The number of rotatable bonds is 10. The van der Waals surface area contributed by atoms with Gasteiger partial charge in [-0.05, 0) is 59.2 Å². The third-order valence-electron chi connectivity index (χ3n) is 5.42. The minimum absolute atomic E-state index is 0.0583. The Morgan fingerprint density at radius 3 is 2.44 bits per heavy atom. The first-order valence-electron chi connectivity index (χ1n) is 11.4. The molecule has 0 N–H and O–H groups in total. The van der Waals surface area contributed by atoms with Crippen LogP contribution in [0.3, 0.4) is 0 Å². The van der Waals surface area contributed by atoms with Crippen LogP contribution in [0.2, 0.25) is 0 Å². The van der Waals surface area contributed by atoms with Crippen molar-refractivity contribution in [2.75, 3.05) is 7.11 Å². The lowest BCUT2D eigenvalue weighted by atomic mass is 10.0. The van der Waals surface area contributed by atoms with Gasteiger partial charge in [-0.1, -0.05) is 36.4 Å². The molecule has 4 aromatic rings. The summed E-state index contributed by atoms with van der Waals surface area (Å²) in [6.45, 7) is 1.67. The molecule has 0 amide bonds. The van der Waals surface area contributed by atoms with Gasteiger partial charge < -0.3 is 18.8 Å². The molecule has 1 heterocycles. The molecule has 36 heavy (non-hydrogen) atoms. The van der Waals surface area contributed by atoms with Crippen molar-refractivity contribution >= 4 is 17.8 Å². The van der Waals surface area contributed by atoms with E-state index in [1.54, 1.807) is 36.8 Å². The topological polar surface area (TPSA) is 79.7 Å². The quantitative estimate of drug-likeness (QED) is 0.175. The second-order valence-corrected chi connectivity index (χ2v) is 8.00. The molecule has 0 aliphatic rings. The highest BCUT2D eigenvalue weighted by Gasteiger charge is 2.09. The average Bonchev–Trinajstić information content (AvgIpc) is 3.42. The van der Waals surface area contributed by atoms with Gasteiger partial charge in [0.25, 0.3) is 0 Å². The van der Waals surface area contributed by atoms with Gasteiger partial charge in [0.1, 0.15) is 12.4 Å². The van der Waals surface area contributed by atoms with Crippen LogP contribution in [0.25, 0.3) is 11.8 Å². The molecule has 4 rings (SSSR count). The first-order valence-corrected chi connectivity index (χ1v) is 11.4. The Bertz CT molecular complexity index is 1360.